The van der Waals surface area contributed by atoms with Gasteiger partial charge >= 0.3 is 6.09 Å². The number of benzene rings is 1. The number of nitrogens with one attached hydrogen (secondary N) is 1. The van der Waals surface area contributed by atoms with Crippen LogP contribution < -0.4 is 11.1 Å². The van der Waals surface area contributed by atoms with E-state index >= 15 is 0 Å². The van der Waals surface area contributed by atoms with Crippen molar-refractivity contribution in [1.29, 1.82) is 0 Å². The fourth-order valence-electron chi connectivity index (χ4n) is 2.32. The number of amides is 1. The molecular weight excluding hydrogens is 294 g/mol. The Morgan fingerprint density at radius 3 is 2.90 bits per heavy atom. The van der Waals surface area contributed by atoms with Crippen LogP contribution in [-0.4, -0.2) is 32.3 Å². The maximum absolute atomic E-state index is 10.5. The Bertz CT molecular complexity index is 845. The predicted molar refractivity (Wildman–Crippen MR) is 80.5 cm³/mol. The summed E-state index contributed by atoms with van der Waals surface area (Å²) in [7, 11) is 0. The van der Waals surface area contributed by atoms with Gasteiger partial charge in [0.1, 0.15) is 5.52 Å². The van der Waals surface area contributed by atoms with Crippen molar-refractivity contribution in [1.82, 2.24) is 19.9 Å². The zero-order valence-electron chi connectivity index (χ0n) is 10.9. The van der Waals surface area contributed by atoms with Crippen molar-refractivity contribution in [3.05, 3.63) is 29.4 Å². The van der Waals surface area contributed by atoms with Gasteiger partial charge < -0.3 is 20.7 Å². The second kappa shape index (κ2) is 5.10. The highest BCUT2D eigenvalue weighted by atomic mass is 35.5. The van der Waals surface area contributed by atoms with Crippen LogP contribution in [0.2, 0.25) is 5.15 Å². The minimum absolute atomic E-state index is 0.221. The van der Waals surface area contributed by atoms with Gasteiger partial charge in [-0.25, -0.2) is 14.8 Å². The van der Waals surface area contributed by atoms with E-state index < -0.39 is 6.09 Å². The third-order valence-corrected chi connectivity index (χ3v) is 3.45. The molecule has 3 rings (SSSR count). The summed E-state index contributed by atoms with van der Waals surface area (Å²) in [6.45, 7) is 0.582. The minimum atomic E-state index is -1.08. The Morgan fingerprint density at radius 1 is 1.38 bits per heavy atom. The molecule has 3 aromatic rings. The van der Waals surface area contributed by atoms with Gasteiger partial charge in [-0.3, -0.25) is 0 Å². The van der Waals surface area contributed by atoms with E-state index in [0.717, 1.165) is 16.4 Å². The maximum atomic E-state index is 10.5. The lowest BCUT2D eigenvalue weighted by Crippen LogP contribution is -2.25. The highest BCUT2D eigenvalue weighted by Gasteiger charge is 2.15. The molecule has 1 aromatic carbocycles. The summed E-state index contributed by atoms with van der Waals surface area (Å²) in [4.78, 5) is 19.1. The number of rotatable bonds is 3. The molecule has 0 atom stereocenters. The normalized spacial score (nSPS) is 11.1. The third kappa shape index (κ3) is 2.31. The Labute approximate surface area is 124 Å². The first-order valence-corrected chi connectivity index (χ1v) is 6.62. The molecule has 0 saturated heterocycles. The van der Waals surface area contributed by atoms with Crippen molar-refractivity contribution in [2.24, 2.45) is 0 Å². The Morgan fingerprint density at radius 2 is 2.14 bits per heavy atom. The van der Waals surface area contributed by atoms with E-state index in [0.29, 0.717) is 12.1 Å². The topological polar surface area (TPSA) is 106 Å². The number of carbonyl (C=O) groups is 1. The summed E-state index contributed by atoms with van der Waals surface area (Å²) in [5, 5.41) is 12.1. The average Bonchev–Trinajstić information content (AvgIpc) is 2.77. The Hall–Kier alpha value is -2.54. The van der Waals surface area contributed by atoms with E-state index in [2.05, 4.69) is 15.3 Å². The number of nitrogens with zero attached hydrogens (tertiary/aromatic N) is 3. The molecular formula is C13H12ClN5O2. The van der Waals surface area contributed by atoms with E-state index in [1.54, 1.807) is 4.57 Å². The molecule has 0 unspecified atom stereocenters. The number of pyridine rings is 1. The summed E-state index contributed by atoms with van der Waals surface area (Å²) >= 11 is 6.15. The number of nitrogens with two attached hydrogens (primary N) is 1. The fourth-order valence-corrected chi connectivity index (χ4v) is 2.54. The number of anilines is 1. The zero-order valence-corrected chi connectivity index (χ0v) is 11.6. The molecule has 0 bridgehead atoms. The molecule has 108 valence electrons. The number of hydrogen-bond donors (Lipinski definition) is 3. The SMILES string of the molecule is Nc1nc2c(Cl)nc3ccccc3c2n1CCNC(=O)O. The molecule has 0 aliphatic carbocycles. The van der Waals surface area contributed by atoms with Crippen LogP contribution in [0.3, 0.4) is 0 Å². The summed E-state index contributed by atoms with van der Waals surface area (Å²) in [5.74, 6) is 0.275. The minimum Gasteiger partial charge on any atom is -0.465 e. The van der Waals surface area contributed by atoms with Crippen LogP contribution in [0.25, 0.3) is 21.9 Å². The van der Waals surface area contributed by atoms with Crippen molar-refractivity contribution < 1.29 is 9.90 Å². The fraction of sp³-hybridized carbons (Fsp3) is 0.154. The molecule has 0 saturated carbocycles. The monoisotopic (exact) mass is 305 g/mol. The van der Waals surface area contributed by atoms with E-state index in [1.165, 1.54) is 0 Å². The molecule has 0 radical (unpaired) electrons. The predicted octanol–water partition coefficient (Wildman–Crippen LogP) is 2.09. The van der Waals surface area contributed by atoms with Crippen LogP contribution in [0.5, 0.6) is 0 Å². The molecule has 0 aliphatic heterocycles. The van der Waals surface area contributed by atoms with Crippen molar-refractivity contribution >= 4 is 45.6 Å². The lowest BCUT2D eigenvalue weighted by molar-refractivity contribution is 0.194. The van der Waals surface area contributed by atoms with Gasteiger partial charge in [-0.1, -0.05) is 29.8 Å². The van der Waals surface area contributed by atoms with Gasteiger partial charge in [-0.05, 0) is 6.07 Å². The lowest BCUT2D eigenvalue weighted by Gasteiger charge is -2.08. The Balaban J connectivity index is 2.18. The largest absolute Gasteiger partial charge is 0.465 e. The summed E-state index contributed by atoms with van der Waals surface area (Å²) < 4.78 is 1.74. The van der Waals surface area contributed by atoms with Crippen molar-refractivity contribution in [3.63, 3.8) is 0 Å². The van der Waals surface area contributed by atoms with E-state index in [1.807, 2.05) is 24.3 Å². The van der Waals surface area contributed by atoms with Crippen LogP contribution in [-0.2, 0) is 6.54 Å². The molecule has 2 aromatic heterocycles. The standard InChI is InChI=1S/C13H12ClN5O2/c14-11-9-10(7-3-1-2-4-8(7)17-11)19(12(15)18-9)6-5-16-13(20)21/h1-4,16H,5-6H2,(H2,15,18)(H,20,21). The summed E-state index contributed by atoms with van der Waals surface area (Å²) in [5.41, 5.74) is 7.94. The molecule has 8 heteroatoms. The second-order valence-electron chi connectivity index (χ2n) is 4.47. The molecule has 4 N–H and O–H groups in total. The van der Waals surface area contributed by atoms with Crippen LogP contribution >= 0.6 is 11.6 Å². The van der Waals surface area contributed by atoms with Gasteiger partial charge in [0, 0.05) is 18.5 Å². The first-order valence-electron chi connectivity index (χ1n) is 6.24. The van der Waals surface area contributed by atoms with Crippen LogP contribution in [0.1, 0.15) is 0 Å². The number of hydrogen-bond acceptors (Lipinski definition) is 4. The van der Waals surface area contributed by atoms with Crippen LogP contribution in [0.4, 0.5) is 10.7 Å². The third-order valence-electron chi connectivity index (χ3n) is 3.18. The maximum Gasteiger partial charge on any atom is 0.404 e. The van der Waals surface area contributed by atoms with Gasteiger partial charge in [-0.2, -0.15) is 0 Å². The number of aromatic nitrogens is 3. The van der Waals surface area contributed by atoms with Crippen LogP contribution in [0, 0.1) is 0 Å². The number of para-hydroxylation sites is 1. The van der Waals surface area contributed by atoms with Gasteiger partial charge in [0.15, 0.2) is 5.15 Å². The van der Waals surface area contributed by atoms with Crippen molar-refractivity contribution in [2.45, 2.75) is 6.54 Å². The Kier molecular flexibility index (Phi) is 3.26. The van der Waals surface area contributed by atoms with E-state index in [4.69, 9.17) is 22.4 Å². The lowest BCUT2D eigenvalue weighted by atomic mass is 10.2. The molecule has 0 aliphatic rings. The zero-order chi connectivity index (χ0) is 15.0. The summed E-state index contributed by atoms with van der Waals surface area (Å²) in [6.07, 6.45) is -1.08. The second-order valence-corrected chi connectivity index (χ2v) is 4.83. The van der Waals surface area contributed by atoms with Gasteiger partial charge in [-0.15, -0.1) is 0 Å². The number of imidazole rings is 1. The highest BCUT2D eigenvalue weighted by Crippen LogP contribution is 2.30. The van der Waals surface area contributed by atoms with Gasteiger partial charge in [0.05, 0.1) is 11.0 Å². The molecule has 0 spiro atoms. The molecule has 0 fully saturated rings. The molecule has 21 heavy (non-hydrogen) atoms. The molecule has 2 heterocycles. The van der Waals surface area contributed by atoms with E-state index in [9.17, 15) is 4.79 Å². The van der Waals surface area contributed by atoms with Crippen LogP contribution in [0.15, 0.2) is 24.3 Å². The smallest absolute Gasteiger partial charge is 0.404 e. The number of nitrogen functional groups attached to an aromatic ring is 1. The summed E-state index contributed by atoms with van der Waals surface area (Å²) in [6, 6.07) is 7.51. The first-order chi connectivity index (χ1) is 10.1. The number of fused-ring (bicyclic) bond motifs is 3. The van der Waals surface area contributed by atoms with Crippen molar-refractivity contribution in [3.8, 4) is 0 Å². The van der Waals surface area contributed by atoms with Gasteiger partial charge in [0.25, 0.3) is 0 Å². The first kappa shape index (κ1) is 13.4. The number of halogens is 1. The average molecular weight is 306 g/mol. The van der Waals surface area contributed by atoms with Gasteiger partial charge in [0.2, 0.25) is 5.95 Å². The molecule has 1 amide bonds. The van der Waals surface area contributed by atoms with Crippen molar-refractivity contribution in [2.75, 3.05) is 12.3 Å². The highest BCUT2D eigenvalue weighted by molar-refractivity contribution is 6.35. The number of carboxylic acid groups (broad SMARTS) is 1. The molecule has 7 nitrogen and oxygen atoms in total. The van der Waals surface area contributed by atoms with E-state index in [-0.39, 0.29) is 17.6 Å². The quantitative estimate of drug-likeness (QED) is 0.642.